The van der Waals surface area contributed by atoms with Crippen LogP contribution in [0.1, 0.15) is 23.7 Å². The normalized spacial score (nSPS) is 13.4. The number of rotatable bonds is 8. The number of fused-ring (bicyclic) bond motifs is 1. The van der Waals surface area contributed by atoms with Gasteiger partial charge in [-0.3, -0.25) is 14.4 Å². The van der Waals surface area contributed by atoms with Crippen molar-refractivity contribution >= 4 is 38.8 Å². The maximum Gasteiger partial charge on any atom is 0.265 e. The van der Waals surface area contributed by atoms with Crippen molar-refractivity contribution in [1.82, 2.24) is 0 Å². The van der Waals surface area contributed by atoms with Crippen LogP contribution in [0.15, 0.2) is 48.5 Å². The number of ketones is 1. The maximum atomic E-state index is 12.6. The van der Waals surface area contributed by atoms with E-state index in [1.165, 1.54) is 17.0 Å². The van der Waals surface area contributed by atoms with E-state index in [1.54, 1.807) is 36.4 Å². The Morgan fingerprint density at radius 1 is 1.10 bits per heavy atom. The third-order valence-corrected chi connectivity index (χ3v) is 5.83. The summed E-state index contributed by atoms with van der Waals surface area (Å²) in [6.07, 6.45) is 0.717. The van der Waals surface area contributed by atoms with Crippen LogP contribution in [0.3, 0.4) is 0 Å². The Balaban J connectivity index is 1.70. The number of carbonyl (C=O) groups excluding carboxylic acids is 3. The third-order valence-electron chi connectivity index (χ3n) is 4.43. The van der Waals surface area contributed by atoms with E-state index in [2.05, 4.69) is 5.32 Å². The van der Waals surface area contributed by atoms with Crippen LogP contribution < -0.4 is 15.0 Å². The average molecular weight is 430 g/mol. The SMILES string of the molecule is CCCN1C(=O)COc2ccc(C(=O)CS(=O)(=O)CC(=O)Nc3ccccc3)cc21. The first kappa shape index (κ1) is 21.5. The first-order chi connectivity index (χ1) is 14.3. The van der Waals surface area contributed by atoms with Crippen molar-refractivity contribution in [2.75, 3.05) is 34.9 Å². The van der Waals surface area contributed by atoms with Gasteiger partial charge in [-0.15, -0.1) is 0 Å². The lowest BCUT2D eigenvalue weighted by Crippen LogP contribution is -2.39. The molecule has 30 heavy (non-hydrogen) atoms. The Bertz CT molecular complexity index is 1070. The molecule has 0 bridgehead atoms. The van der Waals surface area contributed by atoms with Gasteiger partial charge in [-0.2, -0.15) is 0 Å². The fourth-order valence-electron chi connectivity index (χ4n) is 3.10. The van der Waals surface area contributed by atoms with Gasteiger partial charge in [-0.05, 0) is 36.8 Å². The molecule has 1 aliphatic rings. The maximum absolute atomic E-state index is 12.6. The molecule has 0 atom stereocenters. The number of amides is 2. The second kappa shape index (κ2) is 9.08. The van der Waals surface area contributed by atoms with E-state index in [9.17, 15) is 22.8 Å². The number of para-hydroxylation sites is 1. The van der Waals surface area contributed by atoms with Crippen molar-refractivity contribution in [2.24, 2.45) is 0 Å². The summed E-state index contributed by atoms with van der Waals surface area (Å²) < 4.78 is 30.1. The lowest BCUT2D eigenvalue weighted by atomic mass is 10.1. The number of nitrogens with zero attached hydrogens (tertiary/aromatic N) is 1. The number of anilines is 2. The number of hydrogen-bond acceptors (Lipinski definition) is 6. The Morgan fingerprint density at radius 3 is 2.53 bits per heavy atom. The summed E-state index contributed by atoms with van der Waals surface area (Å²) in [7, 11) is -3.98. The molecule has 8 nitrogen and oxygen atoms in total. The molecule has 0 aromatic heterocycles. The molecule has 0 spiro atoms. The van der Waals surface area contributed by atoms with Crippen molar-refractivity contribution in [3.05, 3.63) is 54.1 Å². The Hall–Kier alpha value is -3.20. The van der Waals surface area contributed by atoms with Crippen LogP contribution in [-0.2, 0) is 19.4 Å². The third kappa shape index (κ3) is 5.24. The second-order valence-corrected chi connectivity index (χ2v) is 8.95. The van der Waals surface area contributed by atoms with Gasteiger partial charge in [0.2, 0.25) is 5.91 Å². The fourth-order valence-corrected chi connectivity index (χ4v) is 4.24. The Labute approximate surface area is 174 Å². The van der Waals surface area contributed by atoms with E-state index in [4.69, 9.17) is 4.74 Å². The zero-order valence-corrected chi connectivity index (χ0v) is 17.3. The van der Waals surface area contributed by atoms with Crippen molar-refractivity contribution < 1.29 is 27.5 Å². The average Bonchev–Trinajstić information content (AvgIpc) is 2.69. The summed E-state index contributed by atoms with van der Waals surface area (Å²) in [5.74, 6) is -2.74. The molecule has 2 aromatic carbocycles. The highest BCUT2D eigenvalue weighted by molar-refractivity contribution is 7.92. The molecule has 0 radical (unpaired) electrons. The minimum Gasteiger partial charge on any atom is -0.482 e. The van der Waals surface area contributed by atoms with Gasteiger partial charge in [0.25, 0.3) is 5.91 Å². The van der Waals surface area contributed by atoms with E-state index in [1.807, 2.05) is 6.92 Å². The molecule has 1 heterocycles. The number of carbonyl (C=O) groups is 3. The van der Waals surface area contributed by atoms with E-state index in [0.29, 0.717) is 30.1 Å². The number of ether oxygens (including phenoxy) is 1. The molecule has 2 aromatic rings. The van der Waals surface area contributed by atoms with Crippen LogP contribution >= 0.6 is 0 Å². The molecular formula is C21H22N2O6S. The molecule has 1 aliphatic heterocycles. The summed E-state index contributed by atoms with van der Waals surface area (Å²) in [5.41, 5.74) is 1.05. The van der Waals surface area contributed by atoms with Crippen LogP contribution in [0.4, 0.5) is 11.4 Å². The predicted molar refractivity (Wildman–Crippen MR) is 113 cm³/mol. The molecule has 0 saturated carbocycles. The van der Waals surface area contributed by atoms with Crippen LogP contribution in [-0.4, -0.2) is 50.7 Å². The standard InChI is InChI=1S/C21H22N2O6S/c1-2-10-23-17-11-15(8-9-19(17)29-12-21(23)26)18(24)13-30(27,28)14-20(25)22-16-6-4-3-5-7-16/h3-9,11H,2,10,12-14H2,1H3,(H,22,25). The van der Waals surface area contributed by atoms with E-state index < -0.39 is 33.0 Å². The van der Waals surface area contributed by atoms with Crippen molar-refractivity contribution in [3.8, 4) is 5.75 Å². The number of benzene rings is 2. The van der Waals surface area contributed by atoms with Crippen LogP contribution in [0.2, 0.25) is 0 Å². The van der Waals surface area contributed by atoms with Gasteiger partial charge in [0.1, 0.15) is 17.3 Å². The van der Waals surface area contributed by atoms with E-state index in [0.717, 1.165) is 0 Å². The minimum absolute atomic E-state index is 0.0782. The highest BCUT2D eigenvalue weighted by Crippen LogP contribution is 2.33. The number of sulfone groups is 1. The first-order valence-electron chi connectivity index (χ1n) is 9.45. The molecule has 0 fully saturated rings. The van der Waals surface area contributed by atoms with Gasteiger partial charge < -0.3 is 15.0 Å². The molecular weight excluding hydrogens is 408 g/mol. The number of Topliss-reactive ketones (excluding diaryl/α,β-unsaturated/α-hetero) is 1. The van der Waals surface area contributed by atoms with Crippen molar-refractivity contribution in [2.45, 2.75) is 13.3 Å². The number of hydrogen-bond donors (Lipinski definition) is 1. The summed E-state index contributed by atoms with van der Waals surface area (Å²) in [4.78, 5) is 38.2. The van der Waals surface area contributed by atoms with Gasteiger partial charge in [-0.25, -0.2) is 8.42 Å². The van der Waals surface area contributed by atoms with Crippen LogP contribution in [0.5, 0.6) is 5.75 Å². The minimum atomic E-state index is -3.98. The van der Waals surface area contributed by atoms with Crippen molar-refractivity contribution in [3.63, 3.8) is 0 Å². The smallest absolute Gasteiger partial charge is 0.265 e. The molecule has 0 unspecified atom stereocenters. The van der Waals surface area contributed by atoms with Gasteiger partial charge in [0.05, 0.1) is 5.69 Å². The van der Waals surface area contributed by atoms with Crippen LogP contribution in [0, 0.1) is 0 Å². The van der Waals surface area contributed by atoms with Gasteiger partial charge in [0.15, 0.2) is 22.2 Å². The van der Waals surface area contributed by atoms with Gasteiger partial charge in [-0.1, -0.05) is 25.1 Å². The summed E-state index contributed by atoms with van der Waals surface area (Å²) in [5, 5.41) is 2.49. The molecule has 158 valence electrons. The van der Waals surface area contributed by atoms with E-state index >= 15 is 0 Å². The predicted octanol–water partition coefficient (Wildman–Crippen LogP) is 2.06. The molecule has 1 N–H and O–H groups in total. The zero-order valence-electron chi connectivity index (χ0n) is 16.5. The highest BCUT2D eigenvalue weighted by Gasteiger charge is 2.27. The molecule has 0 aliphatic carbocycles. The van der Waals surface area contributed by atoms with Crippen molar-refractivity contribution in [1.29, 1.82) is 0 Å². The quantitative estimate of drug-likeness (QED) is 0.642. The Morgan fingerprint density at radius 2 is 1.83 bits per heavy atom. The lowest BCUT2D eigenvalue weighted by molar-refractivity contribution is -0.121. The molecule has 2 amide bonds. The largest absolute Gasteiger partial charge is 0.482 e. The van der Waals surface area contributed by atoms with Gasteiger partial charge >= 0.3 is 0 Å². The molecule has 9 heteroatoms. The van der Waals surface area contributed by atoms with E-state index in [-0.39, 0.29) is 18.1 Å². The molecule has 3 rings (SSSR count). The number of nitrogens with one attached hydrogen (secondary N) is 1. The second-order valence-electron chi connectivity index (χ2n) is 6.89. The van der Waals surface area contributed by atoms with Crippen LogP contribution in [0.25, 0.3) is 0 Å². The highest BCUT2D eigenvalue weighted by atomic mass is 32.2. The fraction of sp³-hybridized carbons (Fsp3) is 0.286. The molecule has 0 saturated heterocycles. The first-order valence-corrected chi connectivity index (χ1v) is 11.3. The Kier molecular flexibility index (Phi) is 6.51. The summed E-state index contributed by atoms with van der Waals surface area (Å²) in [6.45, 7) is 2.31. The summed E-state index contributed by atoms with van der Waals surface area (Å²) in [6, 6.07) is 12.9. The monoisotopic (exact) mass is 430 g/mol. The topological polar surface area (TPSA) is 110 Å². The lowest BCUT2D eigenvalue weighted by Gasteiger charge is -2.29. The summed E-state index contributed by atoms with van der Waals surface area (Å²) >= 11 is 0. The zero-order chi connectivity index (χ0) is 21.7. The van der Waals surface area contributed by atoms with Gasteiger partial charge in [0, 0.05) is 17.8 Å².